The summed E-state index contributed by atoms with van der Waals surface area (Å²) in [7, 11) is 2.13. The minimum absolute atomic E-state index is 0.382. The van der Waals surface area contributed by atoms with E-state index in [4.69, 9.17) is 5.73 Å². The molecule has 1 fully saturated rings. The van der Waals surface area contributed by atoms with E-state index in [-0.39, 0.29) is 0 Å². The van der Waals surface area contributed by atoms with Gasteiger partial charge in [-0.3, -0.25) is 9.80 Å². The molecule has 0 bridgehead atoms. The van der Waals surface area contributed by atoms with Crippen LogP contribution in [-0.2, 0) is 0 Å². The molecule has 1 saturated heterocycles. The molecule has 2 heterocycles. The van der Waals surface area contributed by atoms with Gasteiger partial charge in [-0.25, -0.2) is 0 Å². The van der Waals surface area contributed by atoms with Gasteiger partial charge in [-0.15, -0.1) is 0 Å². The van der Waals surface area contributed by atoms with Crippen LogP contribution in [0, 0.1) is 0 Å². The Kier molecular flexibility index (Phi) is 3.55. The Morgan fingerprint density at radius 3 is 2.95 bits per heavy atom. The minimum atomic E-state index is -0.412. The SMILES string of the molecule is CCC1CN(C)CCN1n1ncc2cccc(C(N)=O)c21. The zero-order valence-electron chi connectivity index (χ0n) is 12.5. The highest BCUT2D eigenvalue weighted by atomic mass is 16.1. The fourth-order valence-corrected chi connectivity index (χ4v) is 3.05. The van der Waals surface area contributed by atoms with Crippen molar-refractivity contribution in [1.82, 2.24) is 14.8 Å². The molecule has 1 unspecified atom stereocenters. The van der Waals surface area contributed by atoms with E-state index in [0.717, 1.165) is 37.0 Å². The zero-order valence-corrected chi connectivity index (χ0v) is 12.5. The summed E-state index contributed by atoms with van der Waals surface area (Å²) < 4.78 is 0. The van der Waals surface area contributed by atoms with E-state index in [2.05, 4.69) is 29.0 Å². The lowest BCUT2D eigenvalue weighted by atomic mass is 10.1. The number of piperazine rings is 1. The summed E-state index contributed by atoms with van der Waals surface area (Å²) in [6, 6.07) is 5.95. The molecular weight excluding hydrogens is 266 g/mol. The van der Waals surface area contributed by atoms with E-state index in [1.165, 1.54) is 0 Å². The average molecular weight is 287 g/mol. The number of para-hydroxylation sites is 1. The molecule has 1 atom stereocenters. The van der Waals surface area contributed by atoms with Crippen LogP contribution in [0.15, 0.2) is 24.4 Å². The average Bonchev–Trinajstić information content (AvgIpc) is 2.90. The van der Waals surface area contributed by atoms with E-state index < -0.39 is 5.91 Å². The molecule has 112 valence electrons. The van der Waals surface area contributed by atoms with Gasteiger partial charge in [-0.2, -0.15) is 9.89 Å². The normalized spacial score (nSPS) is 20.1. The van der Waals surface area contributed by atoms with Gasteiger partial charge in [0.2, 0.25) is 0 Å². The second-order valence-electron chi connectivity index (χ2n) is 5.63. The number of carbonyl (C=O) groups is 1. The van der Waals surface area contributed by atoms with E-state index in [9.17, 15) is 4.79 Å². The number of likely N-dealkylation sites (N-methyl/N-ethyl adjacent to an activating group) is 1. The molecule has 0 saturated carbocycles. The molecule has 0 aliphatic carbocycles. The predicted octanol–water partition coefficient (Wildman–Crippen LogP) is 0.797. The van der Waals surface area contributed by atoms with Gasteiger partial charge in [0, 0.05) is 25.0 Å². The van der Waals surface area contributed by atoms with Crippen molar-refractivity contribution in [2.24, 2.45) is 5.73 Å². The lowest BCUT2D eigenvalue weighted by Crippen LogP contribution is -2.56. The number of fused-ring (bicyclic) bond motifs is 1. The number of hydrogen-bond acceptors (Lipinski definition) is 4. The summed E-state index contributed by atoms with van der Waals surface area (Å²) in [5, 5.41) is 7.69. The van der Waals surface area contributed by atoms with Gasteiger partial charge in [0.05, 0.1) is 17.8 Å². The highest BCUT2D eigenvalue weighted by Gasteiger charge is 2.26. The molecule has 6 nitrogen and oxygen atoms in total. The van der Waals surface area contributed by atoms with Gasteiger partial charge < -0.3 is 10.6 Å². The maximum atomic E-state index is 11.7. The smallest absolute Gasteiger partial charge is 0.250 e. The molecule has 21 heavy (non-hydrogen) atoms. The van der Waals surface area contributed by atoms with Crippen LogP contribution in [0.25, 0.3) is 10.9 Å². The molecule has 1 aromatic carbocycles. The second kappa shape index (κ2) is 5.37. The number of benzene rings is 1. The zero-order chi connectivity index (χ0) is 15.0. The number of carbonyl (C=O) groups excluding carboxylic acids is 1. The van der Waals surface area contributed by atoms with Gasteiger partial charge in [0.25, 0.3) is 5.91 Å². The van der Waals surface area contributed by atoms with Gasteiger partial charge >= 0.3 is 0 Å². The molecule has 2 N–H and O–H groups in total. The first kappa shape index (κ1) is 13.9. The van der Waals surface area contributed by atoms with E-state index in [0.29, 0.717) is 11.6 Å². The van der Waals surface area contributed by atoms with Crippen molar-refractivity contribution < 1.29 is 4.79 Å². The fourth-order valence-electron chi connectivity index (χ4n) is 3.05. The number of aromatic nitrogens is 2. The lowest BCUT2D eigenvalue weighted by molar-refractivity contribution is 0.100. The molecule has 1 aliphatic heterocycles. The molecule has 1 aliphatic rings. The van der Waals surface area contributed by atoms with Gasteiger partial charge in [-0.05, 0) is 19.5 Å². The Morgan fingerprint density at radius 1 is 1.43 bits per heavy atom. The van der Waals surface area contributed by atoms with Crippen LogP contribution < -0.4 is 10.7 Å². The van der Waals surface area contributed by atoms with Crippen LogP contribution in [0.3, 0.4) is 0 Å². The molecule has 1 amide bonds. The van der Waals surface area contributed by atoms with E-state index in [1.54, 1.807) is 12.3 Å². The van der Waals surface area contributed by atoms with Crippen LogP contribution in [0.5, 0.6) is 0 Å². The summed E-state index contributed by atoms with van der Waals surface area (Å²) in [4.78, 5) is 15.9. The monoisotopic (exact) mass is 287 g/mol. The first-order chi connectivity index (χ1) is 10.1. The second-order valence-corrected chi connectivity index (χ2v) is 5.63. The van der Waals surface area contributed by atoms with Crippen molar-refractivity contribution in [2.45, 2.75) is 19.4 Å². The van der Waals surface area contributed by atoms with Crippen molar-refractivity contribution in [1.29, 1.82) is 0 Å². The number of nitrogens with two attached hydrogens (primary N) is 1. The van der Waals surface area contributed by atoms with Crippen LogP contribution >= 0.6 is 0 Å². The quantitative estimate of drug-likeness (QED) is 0.906. The molecular formula is C15H21N5O. The van der Waals surface area contributed by atoms with Crippen LogP contribution in [-0.4, -0.2) is 53.4 Å². The largest absolute Gasteiger partial charge is 0.366 e. The molecule has 0 spiro atoms. The standard InChI is InChI=1S/C15H21N5O/c1-3-12-10-18(2)7-8-19(12)20-14-11(9-17-20)5-4-6-13(14)15(16)21/h4-6,9,12H,3,7-8,10H2,1-2H3,(H2,16,21). The lowest BCUT2D eigenvalue weighted by Gasteiger charge is -2.41. The Bertz CT molecular complexity index is 665. The van der Waals surface area contributed by atoms with Crippen molar-refractivity contribution in [3.05, 3.63) is 30.0 Å². The first-order valence-corrected chi connectivity index (χ1v) is 7.33. The van der Waals surface area contributed by atoms with Gasteiger partial charge in [0.1, 0.15) is 5.52 Å². The Labute approximate surface area is 124 Å². The number of amides is 1. The highest BCUT2D eigenvalue weighted by molar-refractivity contribution is 6.04. The predicted molar refractivity (Wildman–Crippen MR) is 82.9 cm³/mol. The molecule has 3 rings (SSSR count). The number of rotatable bonds is 3. The summed E-state index contributed by atoms with van der Waals surface area (Å²) in [5.41, 5.74) is 6.86. The van der Waals surface area contributed by atoms with Gasteiger partial charge in [0.15, 0.2) is 0 Å². The molecule has 2 aromatic rings. The van der Waals surface area contributed by atoms with Crippen LogP contribution in [0.4, 0.5) is 0 Å². The number of primary amides is 1. The van der Waals surface area contributed by atoms with Crippen LogP contribution in [0.2, 0.25) is 0 Å². The number of nitrogens with zero attached hydrogens (tertiary/aromatic N) is 4. The maximum Gasteiger partial charge on any atom is 0.250 e. The third kappa shape index (κ3) is 2.35. The summed E-state index contributed by atoms with van der Waals surface area (Å²) in [6.07, 6.45) is 2.83. The van der Waals surface area contributed by atoms with E-state index in [1.807, 2.05) is 16.9 Å². The maximum absolute atomic E-state index is 11.7. The van der Waals surface area contributed by atoms with Crippen LogP contribution in [0.1, 0.15) is 23.7 Å². The molecule has 6 heteroatoms. The minimum Gasteiger partial charge on any atom is -0.366 e. The van der Waals surface area contributed by atoms with Crippen molar-refractivity contribution in [3.63, 3.8) is 0 Å². The topological polar surface area (TPSA) is 67.4 Å². The van der Waals surface area contributed by atoms with Crippen molar-refractivity contribution in [2.75, 3.05) is 31.7 Å². The summed E-state index contributed by atoms with van der Waals surface area (Å²) in [5.74, 6) is -0.412. The van der Waals surface area contributed by atoms with Gasteiger partial charge in [-0.1, -0.05) is 19.1 Å². The third-order valence-electron chi connectivity index (χ3n) is 4.21. The van der Waals surface area contributed by atoms with Crippen molar-refractivity contribution >= 4 is 16.8 Å². The summed E-state index contributed by atoms with van der Waals surface area (Å²) in [6.45, 7) is 5.05. The highest BCUT2D eigenvalue weighted by Crippen LogP contribution is 2.21. The van der Waals surface area contributed by atoms with Crippen molar-refractivity contribution in [3.8, 4) is 0 Å². The number of hydrogen-bond donors (Lipinski definition) is 1. The Morgan fingerprint density at radius 2 is 2.24 bits per heavy atom. The Hall–Kier alpha value is -2.08. The molecule has 0 radical (unpaired) electrons. The first-order valence-electron chi connectivity index (χ1n) is 7.33. The van der Waals surface area contributed by atoms with E-state index >= 15 is 0 Å². The molecule has 1 aromatic heterocycles. The Balaban J connectivity index is 2.10. The third-order valence-corrected chi connectivity index (χ3v) is 4.21. The fraction of sp³-hybridized carbons (Fsp3) is 0.467. The summed E-state index contributed by atoms with van der Waals surface area (Å²) >= 11 is 0.